The molecule has 0 spiro atoms. The molecule has 0 fully saturated rings. The van der Waals surface area contributed by atoms with Gasteiger partial charge in [0, 0.05) is 98.1 Å². The summed E-state index contributed by atoms with van der Waals surface area (Å²) in [5.74, 6) is 1.76. The average Bonchev–Trinajstić information content (AvgIpc) is 0.954. The molecule has 0 unspecified atom stereocenters. The van der Waals surface area contributed by atoms with Crippen molar-refractivity contribution in [3.63, 3.8) is 0 Å². The predicted octanol–water partition coefficient (Wildman–Crippen LogP) is 19.8. The molecule has 0 bridgehead atoms. The zero-order chi connectivity index (χ0) is 60.1. The van der Waals surface area contributed by atoms with Gasteiger partial charge in [0.05, 0.1) is 16.9 Å². The third kappa shape index (κ3) is 8.99. The lowest BCUT2D eigenvalue weighted by molar-refractivity contribution is 0.483. The van der Waals surface area contributed by atoms with E-state index in [1.165, 1.54) is 76.8 Å². The quantitative estimate of drug-likeness (QED) is 0.149. The van der Waals surface area contributed by atoms with Crippen LogP contribution in [0.4, 0.5) is 51.2 Å². The van der Waals surface area contributed by atoms with Gasteiger partial charge in [-0.25, -0.2) is 0 Å². The maximum absolute atomic E-state index is 7.61. The summed E-state index contributed by atoms with van der Waals surface area (Å²) in [6.07, 6.45) is 0. The van der Waals surface area contributed by atoms with Crippen LogP contribution in [0.2, 0.25) is 0 Å². The second-order valence-corrected chi connectivity index (χ2v) is 28.6. The van der Waals surface area contributed by atoms with E-state index in [1.54, 1.807) is 0 Å². The number of rotatable bonds is 7. The SMILES string of the molecule is Cc1ccc(N(c2ccc3c(c2)Oc2cc(C(C)(C)C)cc4c2B3c2cc(C(C)(C)C)ccc2N4c2cc(N(c3ccc(C(C)(C)C)cc3)c3ccc(C(C)(C)C)cc3)cc3c2c2ccccc2n3C)c2ccc3c(c2)c2ccccc2n3C)cc1. The number of para-hydroxylation sites is 2. The summed E-state index contributed by atoms with van der Waals surface area (Å²) < 4.78 is 12.3. The summed E-state index contributed by atoms with van der Waals surface area (Å²) in [6.45, 7) is 29.8. The highest BCUT2D eigenvalue weighted by molar-refractivity contribution is 6.99. The molecule has 2 aliphatic heterocycles. The molecule has 428 valence electrons. The molecule has 7 heteroatoms. The lowest BCUT2D eigenvalue weighted by Gasteiger charge is -2.42. The molecular formula is C79H78BN5O. The minimum Gasteiger partial charge on any atom is -0.458 e. The van der Waals surface area contributed by atoms with E-state index in [0.29, 0.717) is 0 Å². The molecule has 6 nitrogen and oxygen atoms in total. The van der Waals surface area contributed by atoms with Gasteiger partial charge in [0.1, 0.15) is 11.5 Å². The topological polar surface area (TPSA) is 28.8 Å². The van der Waals surface area contributed by atoms with Crippen molar-refractivity contribution in [2.75, 3.05) is 14.7 Å². The largest absolute Gasteiger partial charge is 0.458 e. The standard InChI is InChI=1S/C79H78BN5O/c1-49-24-31-54(32-25-49)84(57-38-41-67-62(45-57)60-20-16-18-22-65(60)81(67)14)58-37-39-63-72(48-58)86-73-44-53(79(11,12)13)43-71-75(73)80(63)64-42-52(78(8,9)10)30-40-68(64)85(71)70-47-59(46-69-74(70)61-21-17-19-23-66(61)82(69)15)83(55-33-26-50(27-34-55)76(2,3)4)56-35-28-51(29-36-56)77(5,6)7/h16-48H,1-15H3. The molecule has 0 N–H and O–H groups in total. The molecule has 0 atom stereocenters. The van der Waals surface area contributed by atoms with E-state index in [0.717, 1.165) is 73.7 Å². The molecule has 2 aromatic heterocycles. The highest BCUT2D eigenvalue weighted by Gasteiger charge is 2.44. The minimum atomic E-state index is -0.219. The lowest BCUT2D eigenvalue weighted by atomic mass is 9.34. The normalized spacial score (nSPS) is 13.3. The third-order valence-corrected chi connectivity index (χ3v) is 18.7. The van der Waals surface area contributed by atoms with E-state index >= 15 is 0 Å². The maximum Gasteiger partial charge on any atom is 0.256 e. The fourth-order valence-electron chi connectivity index (χ4n) is 13.7. The van der Waals surface area contributed by atoms with Gasteiger partial charge < -0.3 is 28.6 Å². The van der Waals surface area contributed by atoms with Crippen LogP contribution in [-0.4, -0.2) is 15.8 Å². The number of benzene rings is 10. The Balaban J connectivity index is 1.02. The van der Waals surface area contributed by atoms with E-state index in [-0.39, 0.29) is 28.4 Å². The summed E-state index contributed by atoms with van der Waals surface area (Å²) in [6, 6.07) is 76.0. The van der Waals surface area contributed by atoms with Crippen molar-refractivity contribution >= 4 is 118 Å². The second-order valence-electron chi connectivity index (χ2n) is 28.6. The number of hydrogen-bond donors (Lipinski definition) is 0. The highest BCUT2D eigenvalue weighted by atomic mass is 16.5. The van der Waals surface area contributed by atoms with Crippen molar-refractivity contribution < 1.29 is 4.74 Å². The van der Waals surface area contributed by atoms with Crippen LogP contribution in [0.1, 0.15) is 111 Å². The van der Waals surface area contributed by atoms with Crippen LogP contribution in [-0.2, 0) is 35.8 Å². The van der Waals surface area contributed by atoms with Gasteiger partial charge in [0.2, 0.25) is 0 Å². The van der Waals surface area contributed by atoms with Gasteiger partial charge in [0.15, 0.2) is 0 Å². The van der Waals surface area contributed by atoms with Gasteiger partial charge in [-0.2, -0.15) is 0 Å². The monoisotopic (exact) mass is 1120 g/mol. The molecule has 86 heavy (non-hydrogen) atoms. The fraction of sp³-hybridized carbons (Fsp3) is 0.241. The molecule has 0 amide bonds. The first-order valence-electron chi connectivity index (χ1n) is 30.7. The zero-order valence-electron chi connectivity index (χ0n) is 52.8. The molecule has 2 aliphatic rings. The van der Waals surface area contributed by atoms with E-state index < -0.39 is 0 Å². The Morgan fingerprint density at radius 1 is 0.349 bits per heavy atom. The highest BCUT2D eigenvalue weighted by Crippen LogP contribution is 2.51. The van der Waals surface area contributed by atoms with Gasteiger partial charge in [-0.05, 0) is 170 Å². The zero-order valence-corrected chi connectivity index (χ0v) is 52.8. The fourth-order valence-corrected chi connectivity index (χ4v) is 13.7. The van der Waals surface area contributed by atoms with Crippen molar-refractivity contribution in [2.45, 2.75) is 112 Å². The average molecular weight is 1120 g/mol. The van der Waals surface area contributed by atoms with Crippen molar-refractivity contribution in [3.05, 3.63) is 228 Å². The Morgan fingerprint density at radius 3 is 1.47 bits per heavy atom. The molecule has 0 aliphatic carbocycles. The molecule has 14 rings (SSSR count). The number of aryl methyl sites for hydroxylation is 3. The molecule has 0 saturated heterocycles. The molecule has 0 saturated carbocycles. The first-order chi connectivity index (χ1) is 40.9. The van der Waals surface area contributed by atoms with Crippen LogP contribution < -0.4 is 35.8 Å². The first-order valence-corrected chi connectivity index (χ1v) is 30.7. The van der Waals surface area contributed by atoms with Gasteiger partial charge in [-0.1, -0.05) is 180 Å². The van der Waals surface area contributed by atoms with E-state index in [2.05, 4.69) is 328 Å². The van der Waals surface area contributed by atoms with Gasteiger partial charge in [0.25, 0.3) is 6.71 Å². The smallest absolute Gasteiger partial charge is 0.256 e. The number of ether oxygens (including phenoxy) is 1. The summed E-state index contributed by atoms with van der Waals surface area (Å²) in [5.41, 5.74) is 24.2. The molecule has 10 aromatic carbocycles. The van der Waals surface area contributed by atoms with Gasteiger partial charge in [-0.15, -0.1) is 0 Å². The number of aromatic nitrogens is 2. The van der Waals surface area contributed by atoms with Crippen LogP contribution in [0.15, 0.2) is 200 Å². The predicted molar refractivity (Wildman–Crippen MR) is 369 cm³/mol. The number of anilines is 9. The van der Waals surface area contributed by atoms with Crippen LogP contribution in [0.25, 0.3) is 43.6 Å². The van der Waals surface area contributed by atoms with E-state index in [1.807, 2.05) is 0 Å². The summed E-state index contributed by atoms with van der Waals surface area (Å²) >= 11 is 0. The van der Waals surface area contributed by atoms with Crippen LogP contribution in [0.5, 0.6) is 11.5 Å². The van der Waals surface area contributed by atoms with Crippen molar-refractivity contribution in [1.29, 1.82) is 0 Å². The Kier molecular flexibility index (Phi) is 12.5. The molecule has 12 aromatic rings. The summed E-state index contributed by atoms with van der Waals surface area (Å²) in [4.78, 5) is 7.47. The Morgan fingerprint density at radius 2 is 0.849 bits per heavy atom. The Bertz CT molecular complexity index is 4630. The molecule has 0 radical (unpaired) electrons. The molecular weight excluding hydrogens is 1050 g/mol. The van der Waals surface area contributed by atoms with Crippen LogP contribution in [0.3, 0.4) is 0 Å². The second kappa shape index (κ2) is 19.6. The minimum absolute atomic E-state index is 0.00227. The number of hydrogen-bond acceptors (Lipinski definition) is 4. The van der Waals surface area contributed by atoms with Gasteiger partial charge in [-0.3, -0.25) is 0 Å². The maximum atomic E-state index is 7.61. The van der Waals surface area contributed by atoms with Crippen molar-refractivity contribution in [2.24, 2.45) is 14.1 Å². The van der Waals surface area contributed by atoms with Crippen molar-refractivity contribution in [3.8, 4) is 11.5 Å². The first kappa shape index (κ1) is 55.0. The summed E-state index contributed by atoms with van der Waals surface area (Å²) in [5, 5.41) is 4.89. The number of fused-ring (bicyclic) bond motifs is 10. The van der Waals surface area contributed by atoms with Crippen LogP contribution >= 0.6 is 0 Å². The van der Waals surface area contributed by atoms with E-state index in [4.69, 9.17) is 4.74 Å². The third-order valence-electron chi connectivity index (χ3n) is 18.7. The van der Waals surface area contributed by atoms with E-state index in [9.17, 15) is 0 Å². The summed E-state index contributed by atoms with van der Waals surface area (Å²) in [7, 11) is 4.40. The Hall–Kier alpha value is -8.94. The Labute approximate surface area is 509 Å². The van der Waals surface area contributed by atoms with Gasteiger partial charge >= 0.3 is 0 Å². The van der Waals surface area contributed by atoms with Crippen molar-refractivity contribution in [1.82, 2.24) is 9.13 Å². The molecule has 4 heterocycles. The lowest BCUT2D eigenvalue weighted by Crippen LogP contribution is -2.59. The van der Waals surface area contributed by atoms with Crippen LogP contribution in [0, 0.1) is 6.92 Å². The number of nitrogens with zero attached hydrogens (tertiary/aromatic N) is 5.